The van der Waals surface area contributed by atoms with Gasteiger partial charge in [-0.2, -0.15) is 0 Å². The maximum absolute atomic E-state index is 12.2. The van der Waals surface area contributed by atoms with Crippen molar-refractivity contribution in [1.82, 2.24) is 5.32 Å². The molecule has 0 aliphatic rings. The minimum atomic E-state index is -0.653. The van der Waals surface area contributed by atoms with Crippen LogP contribution in [0.1, 0.15) is 181 Å². The van der Waals surface area contributed by atoms with E-state index in [1.807, 2.05) is 0 Å². The molecule has 0 heterocycles. The van der Waals surface area contributed by atoms with Crippen LogP contribution in [-0.4, -0.2) is 34.9 Å². The summed E-state index contributed by atoms with van der Waals surface area (Å²) in [4.78, 5) is 12.2. The van der Waals surface area contributed by atoms with E-state index in [2.05, 4.69) is 43.5 Å². The van der Waals surface area contributed by atoms with Crippen LogP contribution in [0, 0.1) is 0 Å². The molecule has 0 aromatic carbocycles. The highest BCUT2D eigenvalue weighted by atomic mass is 16.3. The van der Waals surface area contributed by atoms with Crippen molar-refractivity contribution in [3.05, 3.63) is 24.3 Å². The molecule has 4 nitrogen and oxygen atoms in total. The molecule has 0 fully saturated rings. The standard InChI is InChI=1S/C36H69NO3/c1-3-5-7-9-10-11-12-13-14-15-16-17-18-19-20-21-22-23-24-25-26-28-30-32-36(40)37-34(33-38)35(39)31-29-27-8-6-4-2/h12-13,15-16,34-35,38-39H,3-11,14,17-33H2,1-2H3,(H,37,40)/b13-12-,16-15-. The molecule has 2 atom stereocenters. The summed E-state index contributed by atoms with van der Waals surface area (Å²) < 4.78 is 0. The molecule has 0 saturated carbocycles. The minimum absolute atomic E-state index is 0.0418. The van der Waals surface area contributed by atoms with E-state index in [0.29, 0.717) is 12.8 Å². The summed E-state index contributed by atoms with van der Waals surface area (Å²) in [5.41, 5.74) is 0. The van der Waals surface area contributed by atoms with Crippen molar-refractivity contribution in [2.75, 3.05) is 6.61 Å². The average Bonchev–Trinajstić information content (AvgIpc) is 2.96. The molecule has 0 saturated heterocycles. The third-order valence-corrected chi connectivity index (χ3v) is 7.97. The SMILES string of the molecule is CCCCCCC/C=C\C/C=C\CCCCCCCCCCCCCC(=O)NC(CO)C(O)CCCCCCC. The van der Waals surface area contributed by atoms with Crippen LogP contribution in [-0.2, 0) is 4.79 Å². The Morgan fingerprint density at radius 1 is 0.600 bits per heavy atom. The Bertz CT molecular complexity index is 574. The number of aliphatic hydroxyl groups excluding tert-OH is 2. The van der Waals surface area contributed by atoms with Gasteiger partial charge in [-0.3, -0.25) is 4.79 Å². The van der Waals surface area contributed by atoms with Crippen molar-refractivity contribution in [3.8, 4) is 0 Å². The van der Waals surface area contributed by atoms with E-state index >= 15 is 0 Å². The van der Waals surface area contributed by atoms with Gasteiger partial charge in [-0.1, -0.05) is 154 Å². The lowest BCUT2D eigenvalue weighted by Gasteiger charge is -2.22. The Balaban J connectivity index is 3.45. The lowest BCUT2D eigenvalue weighted by Crippen LogP contribution is -2.45. The lowest BCUT2D eigenvalue weighted by molar-refractivity contribution is -0.123. The Kier molecular flexibility index (Phi) is 31.5. The van der Waals surface area contributed by atoms with Crippen molar-refractivity contribution in [2.24, 2.45) is 0 Å². The Morgan fingerprint density at radius 2 is 1.02 bits per heavy atom. The number of amides is 1. The zero-order chi connectivity index (χ0) is 29.4. The first-order valence-corrected chi connectivity index (χ1v) is 17.5. The molecule has 4 heteroatoms. The van der Waals surface area contributed by atoms with E-state index in [1.165, 1.54) is 122 Å². The minimum Gasteiger partial charge on any atom is -0.394 e. The smallest absolute Gasteiger partial charge is 0.220 e. The zero-order valence-corrected chi connectivity index (χ0v) is 26.9. The van der Waals surface area contributed by atoms with Gasteiger partial charge in [0.25, 0.3) is 0 Å². The van der Waals surface area contributed by atoms with Gasteiger partial charge in [-0.15, -0.1) is 0 Å². The van der Waals surface area contributed by atoms with Crippen LogP contribution >= 0.6 is 0 Å². The topological polar surface area (TPSA) is 69.6 Å². The molecule has 236 valence electrons. The monoisotopic (exact) mass is 564 g/mol. The molecule has 0 aromatic heterocycles. The van der Waals surface area contributed by atoms with Crippen molar-refractivity contribution in [1.29, 1.82) is 0 Å². The lowest BCUT2D eigenvalue weighted by atomic mass is 10.0. The molecule has 0 aliphatic carbocycles. The van der Waals surface area contributed by atoms with Crippen LogP contribution in [0.4, 0.5) is 0 Å². The largest absolute Gasteiger partial charge is 0.394 e. The van der Waals surface area contributed by atoms with Gasteiger partial charge in [-0.05, 0) is 44.9 Å². The second-order valence-electron chi connectivity index (χ2n) is 11.9. The Labute approximate surface area is 249 Å². The number of rotatable bonds is 31. The third-order valence-electron chi connectivity index (χ3n) is 7.97. The number of allylic oxidation sites excluding steroid dienone is 4. The normalized spacial score (nSPS) is 13.4. The fraction of sp³-hybridized carbons (Fsp3) is 0.861. The van der Waals surface area contributed by atoms with Gasteiger partial charge >= 0.3 is 0 Å². The molecule has 0 aliphatic heterocycles. The summed E-state index contributed by atoms with van der Waals surface area (Å²) in [6.07, 6.45) is 39.7. The molecule has 1 amide bonds. The molecular weight excluding hydrogens is 494 g/mol. The van der Waals surface area contributed by atoms with Gasteiger partial charge in [-0.25, -0.2) is 0 Å². The van der Waals surface area contributed by atoms with Crippen LogP contribution in [0.3, 0.4) is 0 Å². The molecule has 0 aromatic rings. The molecule has 0 bridgehead atoms. The first-order chi connectivity index (χ1) is 19.7. The molecule has 0 rings (SSSR count). The van der Waals surface area contributed by atoms with E-state index in [1.54, 1.807) is 0 Å². The molecular formula is C36H69NO3. The second-order valence-corrected chi connectivity index (χ2v) is 11.9. The van der Waals surface area contributed by atoms with Gasteiger partial charge < -0.3 is 15.5 Å². The fourth-order valence-corrected chi connectivity index (χ4v) is 5.21. The number of carbonyl (C=O) groups is 1. The highest BCUT2D eigenvalue weighted by Gasteiger charge is 2.19. The second kappa shape index (κ2) is 32.4. The van der Waals surface area contributed by atoms with Crippen LogP contribution in [0.5, 0.6) is 0 Å². The molecule has 2 unspecified atom stereocenters. The average molecular weight is 564 g/mol. The van der Waals surface area contributed by atoms with Crippen molar-refractivity contribution in [2.45, 2.75) is 193 Å². The van der Waals surface area contributed by atoms with Gasteiger partial charge in [0.05, 0.1) is 18.8 Å². The number of unbranched alkanes of at least 4 members (excludes halogenated alkanes) is 20. The maximum atomic E-state index is 12.2. The van der Waals surface area contributed by atoms with Crippen LogP contribution in [0.25, 0.3) is 0 Å². The Hall–Kier alpha value is -1.13. The molecule has 0 radical (unpaired) electrons. The van der Waals surface area contributed by atoms with Gasteiger partial charge in [0, 0.05) is 6.42 Å². The molecule has 40 heavy (non-hydrogen) atoms. The van der Waals surface area contributed by atoms with Crippen LogP contribution < -0.4 is 5.32 Å². The van der Waals surface area contributed by atoms with Gasteiger partial charge in [0.2, 0.25) is 5.91 Å². The number of hydrogen-bond acceptors (Lipinski definition) is 3. The predicted molar refractivity (Wildman–Crippen MR) is 175 cm³/mol. The Morgan fingerprint density at radius 3 is 1.50 bits per heavy atom. The summed E-state index contributed by atoms with van der Waals surface area (Å²) in [7, 11) is 0. The van der Waals surface area contributed by atoms with Crippen molar-refractivity contribution < 1.29 is 15.0 Å². The number of aliphatic hydroxyl groups is 2. The summed E-state index contributed by atoms with van der Waals surface area (Å²) in [6, 6.07) is -0.530. The van der Waals surface area contributed by atoms with E-state index in [-0.39, 0.29) is 12.5 Å². The fourth-order valence-electron chi connectivity index (χ4n) is 5.21. The summed E-state index contributed by atoms with van der Waals surface area (Å²) in [5, 5.41) is 22.7. The van der Waals surface area contributed by atoms with Crippen molar-refractivity contribution >= 4 is 5.91 Å². The number of nitrogens with one attached hydrogen (secondary N) is 1. The van der Waals surface area contributed by atoms with E-state index < -0.39 is 12.1 Å². The number of carbonyl (C=O) groups excluding carboxylic acids is 1. The highest BCUT2D eigenvalue weighted by molar-refractivity contribution is 5.76. The van der Waals surface area contributed by atoms with Crippen molar-refractivity contribution in [3.63, 3.8) is 0 Å². The summed E-state index contributed by atoms with van der Waals surface area (Å²) in [5.74, 6) is -0.0418. The molecule has 0 spiro atoms. The maximum Gasteiger partial charge on any atom is 0.220 e. The highest BCUT2D eigenvalue weighted by Crippen LogP contribution is 2.14. The van der Waals surface area contributed by atoms with Gasteiger partial charge in [0.15, 0.2) is 0 Å². The first-order valence-electron chi connectivity index (χ1n) is 17.5. The zero-order valence-electron chi connectivity index (χ0n) is 26.9. The molecule has 3 N–H and O–H groups in total. The van der Waals surface area contributed by atoms with E-state index in [4.69, 9.17) is 0 Å². The number of hydrogen-bond donors (Lipinski definition) is 3. The van der Waals surface area contributed by atoms with E-state index in [0.717, 1.165) is 32.1 Å². The summed E-state index contributed by atoms with van der Waals surface area (Å²) >= 11 is 0. The van der Waals surface area contributed by atoms with Crippen LogP contribution in [0.15, 0.2) is 24.3 Å². The predicted octanol–water partition coefficient (Wildman–Crippen LogP) is 10.1. The van der Waals surface area contributed by atoms with E-state index in [9.17, 15) is 15.0 Å². The summed E-state index contributed by atoms with van der Waals surface area (Å²) in [6.45, 7) is 4.26. The van der Waals surface area contributed by atoms with Crippen LogP contribution in [0.2, 0.25) is 0 Å². The first kappa shape index (κ1) is 38.9. The quantitative estimate of drug-likeness (QED) is 0.0580. The third kappa shape index (κ3) is 28.4. The van der Waals surface area contributed by atoms with Gasteiger partial charge in [0.1, 0.15) is 0 Å².